The van der Waals surface area contributed by atoms with Crippen LogP contribution in [0, 0.1) is 17.2 Å². The summed E-state index contributed by atoms with van der Waals surface area (Å²) in [6, 6.07) is -5.32. The van der Waals surface area contributed by atoms with Gasteiger partial charge in [-0.1, -0.05) is 88.4 Å². The lowest BCUT2D eigenvalue weighted by molar-refractivity contribution is -0.142. The molecule has 0 saturated heterocycles. The van der Waals surface area contributed by atoms with Crippen LogP contribution in [0.3, 0.4) is 0 Å². The highest BCUT2D eigenvalue weighted by molar-refractivity contribution is 6.01. The molecule has 0 unspecified atom stereocenters. The van der Waals surface area contributed by atoms with Gasteiger partial charge in [-0.3, -0.25) is 91.7 Å². The first kappa shape index (κ1) is 101. The minimum atomic E-state index is -2.03. The molecular formula is C75H111N21O24. The van der Waals surface area contributed by atoms with Crippen molar-refractivity contribution in [2.45, 2.75) is 222 Å². The Kier molecular flexibility index (Phi) is 44.1. The largest absolute Gasteiger partial charge is 0.481 e. The van der Waals surface area contributed by atoms with Gasteiger partial charge in [0.1, 0.15) is 72.5 Å². The van der Waals surface area contributed by atoms with Crippen molar-refractivity contribution >= 4 is 119 Å². The molecule has 660 valence electrons. The molecule has 1 heterocycles. The Hall–Kier alpha value is -13.2. The second-order valence-electron chi connectivity index (χ2n) is 28.9. The predicted molar refractivity (Wildman–Crippen MR) is 423 cm³/mol. The number of benzene rings is 2. The van der Waals surface area contributed by atoms with E-state index in [1.165, 1.54) is 19.4 Å². The van der Waals surface area contributed by atoms with Gasteiger partial charge in [-0.2, -0.15) is 0 Å². The second-order valence-corrected chi connectivity index (χ2v) is 28.9. The Morgan fingerprint density at radius 1 is 0.425 bits per heavy atom. The molecule has 14 amide bonds. The Balaban J connectivity index is 1.93. The van der Waals surface area contributed by atoms with E-state index in [-0.39, 0.29) is 83.0 Å². The van der Waals surface area contributed by atoms with Crippen molar-refractivity contribution < 1.29 is 117 Å². The average molecular weight is 1690 g/mol. The number of rotatable bonds is 57. The first-order valence-corrected chi connectivity index (χ1v) is 38.5. The number of nitrogens with one attached hydrogen (secondary N) is 16. The molecule has 120 heavy (non-hydrogen) atoms. The quantitative estimate of drug-likeness (QED) is 0.0142. The number of aromatic amines is 1. The Morgan fingerprint density at radius 2 is 0.850 bits per heavy atom. The maximum Gasteiger partial charge on any atom is 0.326 e. The molecule has 0 saturated carbocycles. The number of carboxylic acids is 5. The number of nitrogens with zero attached hydrogens (tertiary/aromatic N) is 1. The molecule has 0 aliphatic rings. The summed E-state index contributed by atoms with van der Waals surface area (Å²) in [5.74, 6) is -24.3. The lowest BCUT2D eigenvalue weighted by atomic mass is 10.0. The molecule has 3 rings (SSSR count). The Labute approximate surface area is 689 Å². The van der Waals surface area contributed by atoms with E-state index in [1.807, 2.05) is 0 Å². The van der Waals surface area contributed by atoms with Crippen molar-refractivity contribution in [3.05, 3.63) is 90.0 Å². The van der Waals surface area contributed by atoms with Gasteiger partial charge in [0.25, 0.3) is 0 Å². The van der Waals surface area contributed by atoms with Crippen LogP contribution in [-0.4, -0.2) is 252 Å². The van der Waals surface area contributed by atoms with Gasteiger partial charge in [-0.05, 0) is 94.2 Å². The molecule has 0 fully saturated rings. The van der Waals surface area contributed by atoms with E-state index in [9.17, 15) is 112 Å². The summed E-state index contributed by atoms with van der Waals surface area (Å²) in [5, 5.41) is 89.5. The topological polar surface area (TPSA) is 751 Å². The number of unbranched alkanes of at least 4 members (excludes halogenated alkanes) is 1. The molecule has 2 aromatic carbocycles. The number of guanidine groups is 1. The molecule has 0 aliphatic carbocycles. The number of aromatic nitrogens is 2. The highest BCUT2D eigenvalue weighted by atomic mass is 16.4. The summed E-state index contributed by atoms with van der Waals surface area (Å²) in [5.41, 5.74) is 23.7. The molecule has 0 spiro atoms. The zero-order valence-corrected chi connectivity index (χ0v) is 67.0. The van der Waals surface area contributed by atoms with Gasteiger partial charge in [0, 0.05) is 51.3 Å². The van der Waals surface area contributed by atoms with Gasteiger partial charge in [-0.15, -0.1) is 0 Å². The van der Waals surface area contributed by atoms with E-state index in [0.29, 0.717) is 11.1 Å². The number of imidazole rings is 1. The third-order valence-corrected chi connectivity index (χ3v) is 18.0. The summed E-state index contributed by atoms with van der Waals surface area (Å²) >= 11 is 0. The van der Waals surface area contributed by atoms with Crippen LogP contribution in [0.25, 0.3) is 0 Å². The number of hydrogen-bond acceptors (Lipinski definition) is 23. The minimum absolute atomic E-state index is 0.0167. The fourth-order valence-corrected chi connectivity index (χ4v) is 11.6. The zero-order chi connectivity index (χ0) is 89.9. The van der Waals surface area contributed by atoms with Gasteiger partial charge in [0.15, 0.2) is 5.96 Å². The van der Waals surface area contributed by atoms with Crippen molar-refractivity contribution in [1.82, 2.24) is 84.4 Å². The number of nitrogens with two attached hydrogens (primary N) is 4. The number of H-pyrrole nitrogens is 1. The first-order chi connectivity index (χ1) is 56.6. The molecule has 0 aliphatic heterocycles. The van der Waals surface area contributed by atoms with Gasteiger partial charge in [-0.25, -0.2) is 9.78 Å². The predicted octanol–water partition coefficient (Wildman–Crippen LogP) is -6.16. The highest BCUT2D eigenvalue weighted by Crippen LogP contribution is 2.15. The summed E-state index contributed by atoms with van der Waals surface area (Å²) in [7, 11) is 0. The molecule has 0 radical (unpaired) electrons. The van der Waals surface area contributed by atoms with Crippen LogP contribution in [-0.2, 0) is 110 Å². The van der Waals surface area contributed by atoms with Crippen LogP contribution in [0.15, 0.2) is 73.2 Å². The second kappa shape index (κ2) is 52.5. The average Bonchev–Trinajstić information content (AvgIpc) is 0.989. The summed E-state index contributed by atoms with van der Waals surface area (Å²) in [4.78, 5) is 261. The van der Waals surface area contributed by atoms with E-state index in [4.69, 9.17) is 33.5 Å². The number of primary amides is 1. The van der Waals surface area contributed by atoms with Crippen LogP contribution in [0.2, 0.25) is 0 Å². The van der Waals surface area contributed by atoms with Crippen molar-refractivity contribution in [3.63, 3.8) is 0 Å². The fourth-order valence-electron chi connectivity index (χ4n) is 11.6. The van der Waals surface area contributed by atoms with E-state index in [0.717, 1.165) is 0 Å². The third-order valence-electron chi connectivity index (χ3n) is 18.0. The highest BCUT2D eigenvalue weighted by Gasteiger charge is 2.39. The summed E-state index contributed by atoms with van der Waals surface area (Å²) in [6.07, 6.45) is -4.39. The number of carbonyl (C=O) groups is 19. The van der Waals surface area contributed by atoms with Crippen molar-refractivity contribution in [2.75, 3.05) is 19.6 Å². The number of carboxylic acid groups (broad SMARTS) is 5. The van der Waals surface area contributed by atoms with Crippen LogP contribution < -0.4 is 97.4 Å². The fraction of sp³-hybridized carbons (Fsp3) is 0.533. The maximum atomic E-state index is 14.9. The number of carbonyl (C=O) groups excluding carboxylic acids is 14. The minimum Gasteiger partial charge on any atom is -0.481 e. The molecule has 29 N–H and O–H groups in total. The third kappa shape index (κ3) is 39.1. The van der Waals surface area contributed by atoms with Gasteiger partial charge < -0.3 is 128 Å². The Bertz CT molecular complexity index is 4020. The Morgan fingerprint density at radius 3 is 1.31 bits per heavy atom. The van der Waals surface area contributed by atoms with Crippen molar-refractivity contribution in [2.24, 2.45) is 34.8 Å². The van der Waals surface area contributed by atoms with E-state index < -0.39 is 260 Å². The molecule has 13 atom stereocenters. The van der Waals surface area contributed by atoms with Crippen LogP contribution in [0.1, 0.15) is 141 Å². The summed E-state index contributed by atoms with van der Waals surface area (Å²) < 4.78 is 0. The SMILES string of the molecule is CC(C)C[C@H](NC(=O)[C@H](CC(=O)O)NC(=O)[C@H](CCCCN)NC(=O)[C@H](Cc1ccccc1)NC(=O)[C@H](CCCNC(=N)N)NC(=O)[C@H](Cc1c[nH]cn1)NC(=O)[C@H](C)NC(=O)[C@@H](NC(=O)[C@@H](N)CCC(=O)O)C(C)C)C(=O)NCC(=O)N[C@@H](CCC(=O)O)C(=O)N[C@@H](CCC(=O)O)C(=O)N[C@@H](CC(N)=O)C(=O)N[C@@H](Cc1ccccc1)C(=O)O. The lowest BCUT2D eigenvalue weighted by Gasteiger charge is -2.28. The normalized spacial score (nSPS) is 14.2. The zero-order valence-electron chi connectivity index (χ0n) is 67.0. The maximum absolute atomic E-state index is 14.9. The van der Waals surface area contributed by atoms with Crippen LogP contribution in [0.4, 0.5) is 0 Å². The number of amides is 14. The van der Waals surface area contributed by atoms with Crippen LogP contribution in [0.5, 0.6) is 0 Å². The van der Waals surface area contributed by atoms with Crippen LogP contribution >= 0.6 is 0 Å². The van der Waals surface area contributed by atoms with E-state index in [2.05, 4.69) is 84.4 Å². The van der Waals surface area contributed by atoms with E-state index in [1.54, 1.807) is 88.4 Å². The molecule has 3 aromatic rings. The first-order valence-electron chi connectivity index (χ1n) is 38.5. The van der Waals surface area contributed by atoms with Gasteiger partial charge in [0.05, 0.1) is 37.4 Å². The summed E-state index contributed by atoms with van der Waals surface area (Å²) in [6.45, 7) is 6.66. The lowest BCUT2D eigenvalue weighted by Crippen LogP contribution is -2.61. The molecule has 1 aromatic heterocycles. The molecule has 0 bridgehead atoms. The van der Waals surface area contributed by atoms with Gasteiger partial charge in [0.2, 0.25) is 82.7 Å². The van der Waals surface area contributed by atoms with E-state index >= 15 is 0 Å². The molecule has 45 nitrogen and oxygen atoms in total. The molecule has 45 heteroatoms. The van der Waals surface area contributed by atoms with Crippen molar-refractivity contribution in [3.8, 4) is 0 Å². The number of hydrogen-bond donors (Lipinski definition) is 25. The smallest absolute Gasteiger partial charge is 0.326 e. The van der Waals surface area contributed by atoms with Gasteiger partial charge >= 0.3 is 29.8 Å². The standard InChI is InChI=1S/C75H111N21O24/c1-38(2)29-49(64(109)83-36-56(98)86-47(22-25-58(101)102)67(112)89-48(23-26-59(103)104)68(113)93-52(33-55(78)97)71(116)95-54(74(119)120)31-42-17-10-7-11-18-42)91-72(117)53(34-60(105)106)94-65(110)45(19-12-13-27-76)87-69(114)50(30-41-15-8-6-9-16-41)92-66(111)46(20-14-28-82-75(79)80)88-70(115)51(32-43-35-81-37-84-43)90-62(107)40(5)85-73(118)61(39(3)4)96-63(108)44(77)21-24-57(99)100/h6-11,15-18,35,37-40,44-54,61H,12-14,19-34,36,76-77H2,1-5H3,(H2,78,97)(H,81,84)(H,83,109)(H,85,118)(H,86,98)(H,87,114)(H,88,115)(H,89,112)(H,90,107)(H,91,117)(H,92,111)(H,93,113)(H,94,110)(H,95,116)(H,96,108)(H,99,100)(H,101,102)(H,103,104)(H,105,106)(H,119,120)(H4,79,80,82)/t40-,44-,45-,46-,47-,48-,49-,50-,51-,52-,53-,54-,61-/m0/s1. The number of aliphatic carboxylic acids is 5. The molecular weight excluding hydrogens is 1580 g/mol. The van der Waals surface area contributed by atoms with Crippen molar-refractivity contribution in [1.29, 1.82) is 5.41 Å². The monoisotopic (exact) mass is 1690 g/mol.